The number of aromatic nitrogens is 3. The molecule has 0 bridgehead atoms. The maximum atomic E-state index is 11.9. The van der Waals surface area contributed by atoms with Gasteiger partial charge >= 0.3 is 0 Å². The van der Waals surface area contributed by atoms with Crippen molar-refractivity contribution >= 4 is 23.1 Å². The Balaban J connectivity index is 2.05. The maximum Gasteiger partial charge on any atom is 0.276 e. The van der Waals surface area contributed by atoms with Gasteiger partial charge in [0.2, 0.25) is 0 Å². The number of nitrogens with one attached hydrogen (secondary N) is 1. The van der Waals surface area contributed by atoms with Crippen LogP contribution in [-0.2, 0) is 4.74 Å². The fourth-order valence-electron chi connectivity index (χ4n) is 1.47. The van der Waals surface area contributed by atoms with Crippen molar-refractivity contribution in [1.29, 1.82) is 0 Å². The third kappa shape index (κ3) is 2.17. The van der Waals surface area contributed by atoms with E-state index in [1.807, 2.05) is 0 Å². The van der Waals surface area contributed by atoms with Crippen LogP contribution in [0.4, 0.5) is 0 Å². The molecule has 2 rings (SSSR count). The van der Waals surface area contributed by atoms with Gasteiger partial charge in [-0.05, 0) is 0 Å². The number of aromatic amines is 1. The molecule has 0 radical (unpaired) electrons. The van der Waals surface area contributed by atoms with Crippen molar-refractivity contribution in [3.05, 3.63) is 11.9 Å². The second kappa shape index (κ2) is 4.54. The number of nitrogens with zero attached hydrogens (tertiary/aromatic N) is 3. The molecule has 1 fully saturated rings. The van der Waals surface area contributed by atoms with Crippen LogP contribution < -0.4 is 5.73 Å². The topological polar surface area (TPSA) is 97.1 Å². The van der Waals surface area contributed by atoms with E-state index in [4.69, 9.17) is 22.7 Å². The molecule has 1 saturated heterocycles. The number of carbonyl (C=O) groups excluding carboxylic acids is 1. The van der Waals surface area contributed by atoms with Crippen molar-refractivity contribution < 1.29 is 9.53 Å². The van der Waals surface area contributed by atoms with Gasteiger partial charge in [0.1, 0.15) is 11.1 Å². The Morgan fingerprint density at radius 2 is 2.56 bits per heavy atom. The Morgan fingerprint density at radius 1 is 1.75 bits per heavy atom. The fourth-order valence-corrected chi connectivity index (χ4v) is 1.62. The van der Waals surface area contributed by atoms with Gasteiger partial charge in [0.25, 0.3) is 5.91 Å². The quantitative estimate of drug-likeness (QED) is 0.640. The average molecular weight is 241 g/mol. The first kappa shape index (κ1) is 11.0. The third-order valence-corrected chi connectivity index (χ3v) is 2.57. The Kier molecular flexibility index (Phi) is 3.11. The highest BCUT2D eigenvalue weighted by atomic mass is 32.1. The molecule has 2 heterocycles. The predicted molar refractivity (Wildman–Crippen MR) is 58.8 cm³/mol. The van der Waals surface area contributed by atoms with E-state index in [1.165, 1.54) is 6.20 Å². The molecule has 1 unspecified atom stereocenters. The van der Waals surface area contributed by atoms with Gasteiger partial charge in [0.05, 0.1) is 19.3 Å². The summed E-state index contributed by atoms with van der Waals surface area (Å²) in [7, 11) is 0. The number of hydrogen-bond acceptors (Lipinski definition) is 5. The number of nitrogens with two attached hydrogens (primary N) is 1. The van der Waals surface area contributed by atoms with Gasteiger partial charge in [0.15, 0.2) is 5.69 Å². The molecule has 8 heteroatoms. The SMILES string of the molecule is NC(=S)C1CN(C(=O)c2cn[nH]n2)CCO1. The highest BCUT2D eigenvalue weighted by Gasteiger charge is 2.27. The van der Waals surface area contributed by atoms with Gasteiger partial charge in [-0.15, -0.1) is 0 Å². The minimum atomic E-state index is -0.375. The minimum Gasteiger partial charge on any atom is -0.391 e. The first-order chi connectivity index (χ1) is 7.68. The molecule has 7 nitrogen and oxygen atoms in total. The molecule has 0 aromatic carbocycles. The number of hydrogen-bond donors (Lipinski definition) is 2. The maximum absolute atomic E-state index is 11.9. The number of ether oxygens (including phenoxy) is 1. The second-order valence-corrected chi connectivity index (χ2v) is 3.84. The van der Waals surface area contributed by atoms with Crippen molar-refractivity contribution in [3.63, 3.8) is 0 Å². The summed E-state index contributed by atoms with van der Waals surface area (Å²) in [6, 6.07) is 0. The van der Waals surface area contributed by atoms with Gasteiger partial charge < -0.3 is 15.4 Å². The van der Waals surface area contributed by atoms with Gasteiger partial charge in [-0.1, -0.05) is 12.2 Å². The summed E-state index contributed by atoms with van der Waals surface area (Å²) in [5.74, 6) is -0.196. The summed E-state index contributed by atoms with van der Waals surface area (Å²) in [5, 5.41) is 9.71. The molecule has 1 aromatic heterocycles. The Labute approximate surface area is 96.9 Å². The van der Waals surface area contributed by atoms with Crippen LogP contribution in [0.1, 0.15) is 10.5 Å². The first-order valence-electron chi connectivity index (χ1n) is 4.74. The van der Waals surface area contributed by atoms with Crippen molar-refractivity contribution in [1.82, 2.24) is 20.3 Å². The molecule has 0 aliphatic carbocycles. The number of morpholine rings is 1. The average Bonchev–Trinajstić information content (AvgIpc) is 2.81. The van der Waals surface area contributed by atoms with E-state index in [2.05, 4.69) is 15.4 Å². The van der Waals surface area contributed by atoms with E-state index in [-0.39, 0.29) is 22.7 Å². The Morgan fingerprint density at radius 3 is 3.19 bits per heavy atom. The number of rotatable bonds is 2. The Hall–Kier alpha value is -1.54. The van der Waals surface area contributed by atoms with Gasteiger partial charge in [-0.2, -0.15) is 15.4 Å². The minimum absolute atomic E-state index is 0.196. The van der Waals surface area contributed by atoms with E-state index in [9.17, 15) is 4.79 Å². The summed E-state index contributed by atoms with van der Waals surface area (Å²) < 4.78 is 5.33. The molecule has 1 atom stereocenters. The van der Waals surface area contributed by atoms with E-state index in [0.717, 1.165) is 0 Å². The molecular formula is C8H11N5O2S. The van der Waals surface area contributed by atoms with Crippen molar-refractivity contribution in [2.75, 3.05) is 19.7 Å². The Bertz CT molecular complexity index is 393. The standard InChI is InChI=1S/C8H11N5O2S/c9-7(16)6-4-13(1-2-15-6)8(14)5-3-10-12-11-5/h3,6H,1-2,4H2,(H2,9,16)(H,10,11,12). The molecule has 16 heavy (non-hydrogen) atoms. The monoisotopic (exact) mass is 241 g/mol. The largest absolute Gasteiger partial charge is 0.391 e. The molecule has 86 valence electrons. The lowest BCUT2D eigenvalue weighted by atomic mass is 10.2. The van der Waals surface area contributed by atoms with Gasteiger partial charge in [-0.3, -0.25) is 4.79 Å². The lowest BCUT2D eigenvalue weighted by Crippen LogP contribution is -2.50. The lowest BCUT2D eigenvalue weighted by Gasteiger charge is -2.31. The summed E-state index contributed by atoms with van der Waals surface area (Å²) in [5.41, 5.74) is 5.76. The van der Waals surface area contributed by atoms with Crippen molar-refractivity contribution in [2.45, 2.75) is 6.10 Å². The molecule has 0 saturated carbocycles. The van der Waals surface area contributed by atoms with Crippen LogP contribution in [0.25, 0.3) is 0 Å². The highest BCUT2D eigenvalue weighted by molar-refractivity contribution is 7.80. The lowest BCUT2D eigenvalue weighted by molar-refractivity contribution is 0.00849. The van der Waals surface area contributed by atoms with Gasteiger partial charge in [-0.25, -0.2) is 0 Å². The van der Waals surface area contributed by atoms with Crippen LogP contribution in [0.3, 0.4) is 0 Å². The summed E-state index contributed by atoms with van der Waals surface area (Å²) in [6.07, 6.45) is 1.01. The number of carbonyl (C=O) groups is 1. The van der Waals surface area contributed by atoms with Crippen LogP contribution in [0.5, 0.6) is 0 Å². The van der Waals surface area contributed by atoms with Crippen LogP contribution in [0, 0.1) is 0 Å². The molecule has 3 N–H and O–H groups in total. The molecule has 1 aliphatic heterocycles. The van der Waals surface area contributed by atoms with Crippen LogP contribution in [0.2, 0.25) is 0 Å². The molecule has 1 aromatic rings. The van der Waals surface area contributed by atoms with E-state index in [0.29, 0.717) is 19.7 Å². The smallest absolute Gasteiger partial charge is 0.276 e. The van der Waals surface area contributed by atoms with Crippen molar-refractivity contribution in [3.8, 4) is 0 Å². The van der Waals surface area contributed by atoms with E-state index >= 15 is 0 Å². The zero-order valence-corrected chi connectivity index (χ0v) is 9.24. The normalized spacial score (nSPS) is 20.8. The van der Waals surface area contributed by atoms with E-state index in [1.54, 1.807) is 4.90 Å². The molecule has 1 amide bonds. The highest BCUT2D eigenvalue weighted by Crippen LogP contribution is 2.08. The fraction of sp³-hybridized carbons (Fsp3) is 0.500. The number of H-pyrrole nitrogens is 1. The zero-order valence-electron chi connectivity index (χ0n) is 8.42. The molecule has 0 spiro atoms. The number of amides is 1. The number of thiocarbonyl (C=S) groups is 1. The molecular weight excluding hydrogens is 230 g/mol. The summed E-state index contributed by atoms with van der Waals surface area (Å²) >= 11 is 4.84. The predicted octanol–water partition coefficient (Wildman–Crippen LogP) is -1.07. The summed E-state index contributed by atoms with van der Waals surface area (Å²) in [6.45, 7) is 1.29. The summed E-state index contributed by atoms with van der Waals surface area (Å²) in [4.78, 5) is 13.8. The second-order valence-electron chi connectivity index (χ2n) is 3.37. The molecule has 1 aliphatic rings. The van der Waals surface area contributed by atoms with Crippen LogP contribution in [-0.4, -0.2) is 57.0 Å². The third-order valence-electron chi connectivity index (χ3n) is 2.31. The first-order valence-corrected chi connectivity index (χ1v) is 5.15. The van der Waals surface area contributed by atoms with Crippen LogP contribution in [0.15, 0.2) is 6.20 Å². The van der Waals surface area contributed by atoms with Gasteiger partial charge in [0, 0.05) is 6.54 Å². The van der Waals surface area contributed by atoms with E-state index < -0.39 is 0 Å². The van der Waals surface area contributed by atoms with Crippen LogP contribution >= 0.6 is 12.2 Å². The van der Waals surface area contributed by atoms with Crippen molar-refractivity contribution in [2.24, 2.45) is 5.73 Å². The zero-order chi connectivity index (χ0) is 11.5.